The van der Waals surface area contributed by atoms with Crippen molar-refractivity contribution in [2.75, 3.05) is 7.11 Å². The lowest BCUT2D eigenvalue weighted by Crippen LogP contribution is -2.33. The molecule has 0 bridgehead atoms. The molecule has 1 atom stereocenters. The van der Waals surface area contributed by atoms with Crippen molar-refractivity contribution in [3.8, 4) is 0 Å². The van der Waals surface area contributed by atoms with E-state index in [0.29, 0.717) is 5.02 Å². The Bertz CT molecular complexity index is 468. The van der Waals surface area contributed by atoms with Gasteiger partial charge in [0.15, 0.2) is 0 Å². The molecular weight excluding hydrogens is 266 g/mol. The van der Waals surface area contributed by atoms with E-state index in [2.05, 4.69) is 10.1 Å². The van der Waals surface area contributed by atoms with Gasteiger partial charge < -0.3 is 10.1 Å². The highest BCUT2D eigenvalue weighted by atomic mass is 35.5. The van der Waals surface area contributed by atoms with Crippen LogP contribution in [0.25, 0.3) is 6.08 Å². The third-order valence-electron chi connectivity index (χ3n) is 2.39. The van der Waals surface area contributed by atoms with Crippen LogP contribution in [0, 0.1) is 0 Å². The van der Waals surface area contributed by atoms with Crippen LogP contribution in [0.5, 0.6) is 0 Å². The van der Waals surface area contributed by atoms with E-state index in [-0.39, 0.29) is 24.3 Å². The van der Waals surface area contributed by atoms with Crippen LogP contribution in [-0.4, -0.2) is 25.0 Å². The zero-order valence-corrected chi connectivity index (χ0v) is 11.6. The summed E-state index contributed by atoms with van der Waals surface area (Å²) in [6, 6.07) is 6.85. The summed E-state index contributed by atoms with van der Waals surface area (Å²) in [6.45, 7) is 1.74. The highest BCUT2D eigenvalue weighted by Crippen LogP contribution is 2.10. The van der Waals surface area contributed by atoms with Crippen LogP contribution in [0.4, 0.5) is 0 Å². The smallest absolute Gasteiger partial charge is 0.307 e. The summed E-state index contributed by atoms with van der Waals surface area (Å²) in [6.07, 6.45) is 3.24. The average Bonchev–Trinajstić information content (AvgIpc) is 2.37. The van der Waals surface area contributed by atoms with E-state index in [4.69, 9.17) is 11.6 Å². The molecule has 19 heavy (non-hydrogen) atoms. The van der Waals surface area contributed by atoms with Gasteiger partial charge >= 0.3 is 5.97 Å². The number of methoxy groups -OCH3 is 1. The lowest BCUT2D eigenvalue weighted by Gasteiger charge is -2.10. The summed E-state index contributed by atoms with van der Waals surface area (Å²) in [5.41, 5.74) is 0.875. The molecule has 0 aliphatic carbocycles. The first kappa shape index (κ1) is 15.2. The number of rotatable bonds is 5. The van der Waals surface area contributed by atoms with Gasteiger partial charge in [0, 0.05) is 17.1 Å². The van der Waals surface area contributed by atoms with E-state index in [0.717, 1.165) is 5.56 Å². The van der Waals surface area contributed by atoms with Gasteiger partial charge in [-0.2, -0.15) is 0 Å². The molecule has 4 nitrogen and oxygen atoms in total. The maximum absolute atomic E-state index is 11.6. The normalized spacial score (nSPS) is 12.2. The highest BCUT2D eigenvalue weighted by molar-refractivity contribution is 6.30. The van der Waals surface area contributed by atoms with E-state index in [9.17, 15) is 9.59 Å². The number of esters is 1. The number of carbonyl (C=O) groups is 2. The van der Waals surface area contributed by atoms with Gasteiger partial charge in [-0.3, -0.25) is 9.59 Å². The predicted octanol–water partition coefficient (Wildman–Crippen LogP) is 2.42. The van der Waals surface area contributed by atoms with Crippen molar-refractivity contribution in [3.63, 3.8) is 0 Å². The number of carbonyl (C=O) groups excluding carboxylic acids is 2. The molecule has 5 heteroatoms. The van der Waals surface area contributed by atoms with E-state index in [1.807, 2.05) is 12.1 Å². The van der Waals surface area contributed by atoms with Gasteiger partial charge in [0.05, 0.1) is 13.5 Å². The van der Waals surface area contributed by atoms with Crippen LogP contribution in [-0.2, 0) is 14.3 Å². The zero-order valence-electron chi connectivity index (χ0n) is 10.9. The van der Waals surface area contributed by atoms with Crippen molar-refractivity contribution in [2.24, 2.45) is 0 Å². The molecule has 0 saturated carbocycles. The molecule has 1 rings (SSSR count). The van der Waals surface area contributed by atoms with Crippen molar-refractivity contribution in [1.29, 1.82) is 0 Å². The number of ether oxygens (including phenoxy) is 1. The van der Waals surface area contributed by atoms with Gasteiger partial charge in [0.25, 0.3) is 0 Å². The van der Waals surface area contributed by atoms with Crippen LogP contribution in [0.15, 0.2) is 30.3 Å². The van der Waals surface area contributed by atoms with E-state index in [1.54, 1.807) is 25.1 Å². The fourth-order valence-corrected chi connectivity index (χ4v) is 1.55. The molecule has 0 spiro atoms. The quantitative estimate of drug-likeness (QED) is 0.666. The molecule has 1 aromatic rings. The van der Waals surface area contributed by atoms with Crippen molar-refractivity contribution in [2.45, 2.75) is 19.4 Å². The summed E-state index contributed by atoms with van der Waals surface area (Å²) < 4.78 is 4.52. The summed E-state index contributed by atoms with van der Waals surface area (Å²) in [5.74, 6) is -0.610. The first-order valence-corrected chi connectivity index (χ1v) is 6.20. The van der Waals surface area contributed by atoms with Crippen LogP contribution < -0.4 is 5.32 Å². The minimum absolute atomic E-state index is 0.150. The highest BCUT2D eigenvalue weighted by Gasteiger charge is 2.10. The number of amides is 1. The number of nitrogens with one attached hydrogen (secondary N) is 1. The molecule has 0 aromatic heterocycles. The van der Waals surface area contributed by atoms with E-state index >= 15 is 0 Å². The molecule has 0 radical (unpaired) electrons. The van der Waals surface area contributed by atoms with Crippen molar-refractivity contribution in [3.05, 3.63) is 40.9 Å². The molecular formula is C14H16ClNO3. The second-order valence-electron chi connectivity index (χ2n) is 4.07. The Labute approximate surface area is 117 Å². The molecule has 1 amide bonds. The number of benzene rings is 1. The van der Waals surface area contributed by atoms with Crippen molar-refractivity contribution < 1.29 is 14.3 Å². The molecule has 1 N–H and O–H groups in total. The third kappa shape index (κ3) is 6.06. The number of hydrogen-bond donors (Lipinski definition) is 1. The molecule has 0 aliphatic rings. The van der Waals surface area contributed by atoms with E-state index < -0.39 is 0 Å². The Balaban J connectivity index is 2.46. The topological polar surface area (TPSA) is 55.4 Å². The Morgan fingerprint density at radius 3 is 2.58 bits per heavy atom. The van der Waals surface area contributed by atoms with Crippen LogP contribution in [0.3, 0.4) is 0 Å². The molecule has 0 aliphatic heterocycles. The van der Waals surface area contributed by atoms with Crippen LogP contribution >= 0.6 is 11.6 Å². The molecule has 0 heterocycles. The van der Waals surface area contributed by atoms with Crippen LogP contribution in [0.2, 0.25) is 5.02 Å². The third-order valence-corrected chi connectivity index (χ3v) is 2.64. The Hall–Kier alpha value is -1.81. The van der Waals surface area contributed by atoms with Gasteiger partial charge in [-0.15, -0.1) is 0 Å². The maximum atomic E-state index is 11.6. The lowest BCUT2D eigenvalue weighted by atomic mass is 10.2. The van der Waals surface area contributed by atoms with E-state index in [1.165, 1.54) is 13.2 Å². The van der Waals surface area contributed by atoms with Crippen molar-refractivity contribution in [1.82, 2.24) is 5.32 Å². The second-order valence-corrected chi connectivity index (χ2v) is 4.51. The van der Waals surface area contributed by atoms with Gasteiger partial charge in [-0.1, -0.05) is 23.7 Å². The Morgan fingerprint density at radius 2 is 2.00 bits per heavy atom. The first-order chi connectivity index (χ1) is 9.01. The van der Waals surface area contributed by atoms with Gasteiger partial charge in [0.2, 0.25) is 5.91 Å². The van der Waals surface area contributed by atoms with Gasteiger partial charge in [-0.05, 0) is 30.7 Å². The largest absolute Gasteiger partial charge is 0.469 e. The standard InChI is InChI=1S/C14H16ClNO3/c1-10(9-14(18)19-2)16-13(17)8-5-11-3-6-12(15)7-4-11/h3-8,10H,9H2,1-2H3,(H,16,17)/b8-5+. The fraction of sp³-hybridized carbons (Fsp3) is 0.286. The predicted molar refractivity (Wildman–Crippen MR) is 74.7 cm³/mol. The Morgan fingerprint density at radius 1 is 1.37 bits per heavy atom. The molecule has 102 valence electrons. The summed E-state index contributed by atoms with van der Waals surface area (Å²) >= 11 is 5.76. The number of halogens is 1. The van der Waals surface area contributed by atoms with Crippen molar-refractivity contribution >= 4 is 29.6 Å². The molecule has 1 unspecified atom stereocenters. The van der Waals surface area contributed by atoms with Gasteiger partial charge in [-0.25, -0.2) is 0 Å². The first-order valence-electron chi connectivity index (χ1n) is 5.82. The SMILES string of the molecule is COC(=O)CC(C)NC(=O)/C=C/c1ccc(Cl)cc1. The molecule has 1 aromatic carbocycles. The monoisotopic (exact) mass is 281 g/mol. The molecule has 0 fully saturated rings. The lowest BCUT2D eigenvalue weighted by molar-refractivity contribution is -0.141. The zero-order chi connectivity index (χ0) is 14.3. The minimum atomic E-state index is -0.352. The number of hydrogen-bond acceptors (Lipinski definition) is 3. The average molecular weight is 282 g/mol. The summed E-state index contributed by atoms with van der Waals surface area (Å²) in [7, 11) is 1.32. The molecule has 0 saturated heterocycles. The minimum Gasteiger partial charge on any atom is -0.469 e. The second kappa shape index (κ2) is 7.59. The van der Waals surface area contributed by atoms with Crippen LogP contribution in [0.1, 0.15) is 18.9 Å². The van der Waals surface area contributed by atoms with Gasteiger partial charge in [0.1, 0.15) is 0 Å². The summed E-state index contributed by atoms with van der Waals surface area (Å²) in [4.78, 5) is 22.6. The fourth-order valence-electron chi connectivity index (χ4n) is 1.42. The summed E-state index contributed by atoms with van der Waals surface area (Å²) in [5, 5.41) is 3.32. The maximum Gasteiger partial charge on any atom is 0.307 e. The Kier molecular flexibility index (Phi) is 6.09.